The second-order valence-electron chi connectivity index (χ2n) is 11.7. The van der Waals surface area contributed by atoms with Crippen LogP contribution < -0.4 is 0 Å². The smallest absolute Gasteiger partial charge is 0.0811 e. The maximum absolute atomic E-state index is 10.6. The van der Waals surface area contributed by atoms with E-state index in [1.54, 1.807) is 0 Å². The van der Waals surface area contributed by atoms with Crippen LogP contribution in [0.25, 0.3) is 0 Å². The van der Waals surface area contributed by atoms with E-state index < -0.39 is 17.8 Å². The predicted molar refractivity (Wildman–Crippen MR) is 139 cm³/mol. The Bertz CT molecular complexity index is 747. The van der Waals surface area contributed by atoms with E-state index in [4.69, 9.17) is 4.74 Å². The van der Waals surface area contributed by atoms with Gasteiger partial charge in [0, 0.05) is 18.4 Å². The molecule has 3 aliphatic carbocycles. The lowest BCUT2D eigenvalue weighted by atomic mass is 9.60. The third-order valence-corrected chi connectivity index (χ3v) is 9.44. The summed E-state index contributed by atoms with van der Waals surface area (Å²) in [4.78, 5) is 0. The zero-order chi connectivity index (χ0) is 24.9. The molecule has 0 bridgehead atoms. The van der Waals surface area contributed by atoms with E-state index in [1.165, 1.54) is 31.3 Å². The van der Waals surface area contributed by atoms with E-state index in [0.717, 1.165) is 56.5 Å². The summed E-state index contributed by atoms with van der Waals surface area (Å²) in [6.45, 7) is 14.5. The molecular formula is C30H50O4. The van der Waals surface area contributed by atoms with Gasteiger partial charge in [0.25, 0.3) is 0 Å². The van der Waals surface area contributed by atoms with Gasteiger partial charge in [-0.2, -0.15) is 0 Å². The fourth-order valence-corrected chi connectivity index (χ4v) is 7.20. The number of ether oxygens (including phenoxy) is 1. The van der Waals surface area contributed by atoms with Crippen LogP contribution in [0.3, 0.4) is 0 Å². The van der Waals surface area contributed by atoms with E-state index in [0.29, 0.717) is 30.6 Å². The lowest BCUT2D eigenvalue weighted by molar-refractivity contribution is -0.0366. The first-order chi connectivity index (χ1) is 16.2. The molecular weight excluding hydrogens is 424 g/mol. The number of hydrogen-bond donors (Lipinski definition) is 3. The molecule has 0 heterocycles. The third-order valence-electron chi connectivity index (χ3n) is 9.44. The van der Waals surface area contributed by atoms with E-state index >= 15 is 0 Å². The van der Waals surface area contributed by atoms with Crippen molar-refractivity contribution in [1.29, 1.82) is 0 Å². The molecule has 4 heteroatoms. The summed E-state index contributed by atoms with van der Waals surface area (Å²) >= 11 is 0. The summed E-state index contributed by atoms with van der Waals surface area (Å²) in [6, 6.07) is 0. The number of aliphatic hydroxyl groups excluding tert-OH is 2. The molecule has 3 fully saturated rings. The Labute approximate surface area is 208 Å². The number of aliphatic hydroxyl groups is 3. The van der Waals surface area contributed by atoms with Gasteiger partial charge in [-0.3, -0.25) is 0 Å². The van der Waals surface area contributed by atoms with Crippen LogP contribution >= 0.6 is 0 Å². The predicted octanol–water partition coefficient (Wildman–Crippen LogP) is 6.11. The van der Waals surface area contributed by atoms with E-state index in [9.17, 15) is 15.3 Å². The Morgan fingerprint density at radius 1 is 1.18 bits per heavy atom. The molecule has 0 saturated heterocycles. The van der Waals surface area contributed by atoms with Crippen LogP contribution in [0.4, 0.5) is 0 Å². The van der Waals surface area contributed by atoms with E-state index in [1.807, 2.05) is 0 Å². The highest BCUT2D eigenvalue weighted by molar-refractivity contribution is 5.38. The minimum absolute atomic E-state index is 0.200. The summed E-state index contributed by atoms with van der Waals surface area (Å²) in [5, 5.41) is 30.9. The van der Waals surface area contributed by atoms with Gasteiger partial charge in [0.2, 0.25) is 0 Å². The normalized spacial score (nSPS) is 34.9. The van der Waals surface area contributed by atoms with Crippen molar-refractivity contribution in [3.05, 3.63) is 35.5 Å². The standard InChI is InChI=1S/C30H50O4/c1-6-29(33,7-2)15-9-17-34-20-30-16-8-10-23(27(30)14-13-26(30)21(3)4)11-12-24-18-25(31)19-28(32)22(24)5/h11-12,21,25-28,31-33H,5-10,13-20H2,1-4H3/b23-11+,24-12-/t25-,26-,27+,28+,30+/m1/s1. The molecule has 3 saturated carbocycles. The number of fused-ring (bicyclic) bond motifs is 1. The molecule has 0 aliphatic heterocycles. The zero-order valence-electron chi connectivity index (χ0n) is 22.2. The van der Waals surface area contributed by atoms with Crippen molar-refractivity contribution < 1.29 is 20.1 Å². The highest BCUT2D eigenvalue weighted by Crippen LogP contribution is 2.59. The fourth-order valence-electron chi connectivity index (χ4n) is 7.20. The van der Waals surface area contributed by atoms with Crippen LogP contribution in [-0.2, 0) is 4.74 Å². The maximum atomic E-state index is 10.6. The van der Waals surface area contributed by atoms with Crippen LogP contribution in [0, 0.1) is 23.2 Å². The summed E-state index contributed by atoms with van der Waals surface area (Å²) in [6.07, 6.45) is 13.6. The van der Waals surface area contributed by atoms with Crippen molar-refractivity contribution in [2.24, 2.45) is 23.2 Å². The van der Waals surface area contributed by atoms with Crippen LogP contribution in [0.1, 0.15) is 98.3 Å². The van der Waals surface area contributed by atoms with Gasteiger partial charge in [-0.15, -0.1) is 0 Å². The Morgan fingerprint density at radius 3 is 2.59 bits per heavy atom. The van der Waals surface area contributed by atoms with Crippen LogP contribution in [-0.4, -0.2) is 46.3 Å². The minimum Gasteiger partial charge on any atom is -0.393 e. The van der Waals surface area contributed by atoms with Crippen molar-refractivity contribution in [3.63, 3.8) is 0 Å². The first kappa shape index (κ1) is 27.6. The van der Waals surface area contributed by atoms with Crippen molar-refractivity contribution >= 4 is 0 Å². The summed E-state index contributed by atoms with van der Waals surface area (Å²) in [5.74, 6) is 1.85. The first-order valence-electron chi connectivity index (χ1n) is 13.9. The Kier molecular flexibility index (Phi) is 9.65. The second kappa shape index (κ2) is 11.9. The summed E-state index contributed by atoms with van der Waals surface area (Å²) in [5.41, 5.74) is 2.92. The minimum atomic E-state index is -0.637. The average Bonchev–Trinajstić information content (AvgIpc) is 3.20. The number of rotatable bonds is 10. The van der Waals surface area contributed by atoms with Gasteiger partial charge in [-0.25, -0.2) is 0 Å². The van der Waals surface area contributed by atoms with E-state index in [-0.39, 0.29) is 5.41 Å². The van der Waals surface area contributed by atoms with E-state index in [2.05, 4.69) is 46.4 Å². The van der Waals surface area contributed by atoms with Gasteiger partial charge in [0.1, 0.15) is 0 Å². The lowest BCUT2D eigenvalue weighted by Crippen LogP contribution is -2.42. The van der Waals surface area contributed by atoms with Gasteiger partial charge >= 0.3 is 0 Å². The molecule has 0 spiro atoms. The van der Waals surface area contributed by atoms with Gasteiger partial charge in [-0.1, -0.05) is 52.0 Å². The molecule has 0 aromatic carbocycles. The molecule has 3 rings (SSSR count). The van der Waals surface area contributed by atoms with Crippen molar-refractivity contribution in [1.82, 2.24) is 0 Å². The van der Waals surface area contributed by atoms with Gasteiger partial charge in [0.05, 0.1) is 24.4 Å². The summed E-state index contributed by atoms with van der Waals surface area (Å²) < 4.78 is 6.40. The molecule has 0 aromatic rings. The fraction of sp³-hybridized carbons (Fsp3) is 0.800. The molecule has 0 radical (unpaired) electrons. The molecule has 3 N–H and O–H groups in total. The van der Waals surface area contributed by atoms with Crippen molar-refractivity contribution in [2.45, 2.75) is 116 Å². The summed E-state index contributed by atoms with van der Waals surface area (Å²) in [7, 11) is 0. The highest BCUT2D eigenvalue weighted by Gasteiger charge is 2.53. The molecule has 3 aliphatic rings. The van der Waals surface area contributed by atoms with Crippen molar-refractivity contribution in [3.8, 4) is 0 Å². The molecule has 194 valence electrons. The highest BCUT2D eigenvalue weighted by atomic mass is 16.5. The Hall–Kier alpha value is -0.940. The largest absolute Gasteiger partial charge is 0.393 e. The molecule has 4 nitrogen and oxygen atoms in total. The third kappa shape index (κ3) is 6.06. The Balaban J connectivity index is 1.72. The topological polar surface area (TPSA) is 69.9 Å². The zero-order valence-corrected chi connectivity index (χ0v) is 22.2. The van der Waals surface area contributed by atoms with Crippen LogP contribution in [0.5, 0.6) is 0 Å². The monoisotopic (exact) mass is 474 g/mol. The lowest BCUT2D eigenvalue weighted by Gasteiger charge is -2.46. The Morgan fingerprint density at radius 2 is 1.91 bits per heavy atom. The van der Waals surface area contributed by atoms with Gasteiger partial charge < -0.3 is 20.1 Å². The maximum Gasteiger partial charge on any atom is 0.0811 e. The SMILES string of the molecule is C=C1/C(=C\C=C2/CCC[C@]3(COCCCC(O)(CC)CC)[C@@H](C(C)C)CC[C@@H]23)C[C@@H](O)C[C@@H]1O. The van der Waals surface area contributed by atoms with Gasteiger partial charge in [-0.05, 0) is 93.1 Å². The molecule has 5 atom stereocenters. The number of hydrogen-bond acceptors (Lipinski definition) is 4. The molecule has 0 unspecified atom stereocenters. The van der Waals surface area contributed by atoms with Crippen LogP contribution in [0.15, 0.2) is 35.5 Å². The van der Waals surface area contributed by atoms with Gasteiger partial charge in [0.15, 0.2) is 0 Å². The van der Waals surface area contributed by atoms with Crippen LogP contribution in [0.2, 0.25) is 0 Å². The molecule has 0 amide bonds. The average molecular weight is 475 g/mol. The number of allylic oxidation sites excluding steroid dienone is 3. The molecule has 0 aromatic heterocycles. The first-order valence-corrected chi connectivity index (χ1v) is 13.9. The second-order valence-corrected chi connectivity index (χ2v) is 11.7. The van der Waals surface area contributed by atoms with Crippen molar-refractivity contribution in [2.75, 3.05) is 13.2 Å². The molecule has 34 heavy (non-hydrogen) atoms. The quantitative estimate of drug-likeness (QED) is 0.334.